The van der Waals surface area contributed by atoms with Crippen molar-refractivity contribution in [2.24, 2.45) is 0 Å². The van der Waals surface area contributed by atoms with Crippen LogP contribution in [0.15, 0.2) is 53.7 Å². The lowest BCUT2D eigenvalue weighted by atomic mass is 10.1. The van der Waals surface area contributed by atoms with Crippen molar-refractivity contribution in [2.45, 2.75) is 44.8 Å². The van der Waals surface area contributed by atoms with Crippen LogP contribution in [0, 0.1) is 13.8 Å². The maximum Gasteiger partial charge on any atom is 0.234 e. The summed E-state index contributed by atoms with van der Waals surface area (Å²) in [5, 5.41) is 12.7. The summed E-state index contributed by atoms with van der Waals surface area (Å²) >= 11 is 1.42. The molecule has 31 heavy (non-hydrogen) atoms. The average molecular weight is 436 g/mol. The van der Waals surface area contributed by atoms with Gasteiger partial charge in [0.2, 0.25) is 5.91 Å². The van der Waals surface area contributed by atoms with Crippen LogP contribution in [0.4, 0.5) is 5.69 Å². The van der Waals surface area contributed by atoms with E-state index in [1.54, 1.807) is 0 Å². The summed E-state index contributed by atoms with van der Waals surface area (Å²) < 4.78 is 2.09. The van der Waals surface area contributed by atoms with Crippen LogP contribution in [0.1, 0.15) is 36.2 Å². The molecule has 0 bridgehead atoms. The van der Waals surface area contributed by atoms with Gasteiger partial charge in [0.15, 0.2) is 11.0 Å². The largest absolute Gasteiger partial charge is 0.325 e. The van der Waals surface area contributed by atoms with Gasteiger partial charge in [0.1, 0.15) is 0 Å². The van der Waals surface area contributed by atoms with E-state index < -0.39 is 0 Å². The fraction of sp³-hybridized carbons (Fsp3) is 0.375. The molecule has 2 aromatic carbocycles. The van der Waals surface area contributed by atoms with E-state index in [-0.39, 0.29) is 11.7 Å². The SMILES string of the molecule is Cc1ccc(C)c(NC(=O)CSc2nnc(CN3CCCCC3)n2-c2ccccc2)c1. The molecule has 1 aromatic heterocycles. The Morgan fingerprint density at radius 3 is 2.58 bits per heavy atom. The number of likely N-dealkylation sites (tertiary alicyclic amines) is 1. The number of carbonyl (C=O) groups is 1. The highest BCUT2D eigenvalue weighted by Gasteiger charge is 2.19. The van der Waals surface area contributed by atoms with E-state index in [0.29, 0.717) is 0 Å². The Bertz CT molecular complexity index is 1030. The summed E-state index contributed by atoms with van der Waals surface area (Å²) in [6.45, 7) is 7.00. The van der Waals surface area contributed by atoms with Crippen LogP contribution in [-0.2, 0) is 11.3 Å². The van der Waals surface area contributed by atoms with Crippen molar-refractivity contribution in [2.75, 3.05) is 24.2 Å². The molecule has 3 aromatic rings. The summed E-state index contributed by atoms with van der Waals surface area (Å²) in [6, 6.07) is 16.2. The van der Waals surface area contributed by atoms with Gasteiger partial charge in [-0.3, -0.25) is 14.3 Å². The fourth-order valence-electron chi connectivity index (χ4n) is 3.84. The van der Waals surface area contributed by atoms with Crippen molar-refractivity contribution in [3.8, 4) is 5.69 Å². The Hall–Kier alpha value is -2.64. The van der Waals surface area contributed by atoms with E-state index >= 15 is 0 Å². The summed E-state index contributed by atoms with van der Waals surface area (Å²) in [6.07, 6.45) is 3.78. The van der Waals surface area contributed by atoms with Crippen molar-refractivity contribution >= 4 is 23.4 Å². The molecule has 0 radical (unpaired) electrons. The molecule has 1 amide bonds. The molecule has 1 fully saturated rings. The lowest BCUT2D eigenvalue weighted by molar-refractivity contribution is -0.113. The molecule has 162 valence electrons. The number of carbonyl (C=O) groups excluding carboxylic acids is 1. The summed E-state index contributed by atoms with van der Waals surface area (Å²) in [5.41, 5.74) is 4.07. The summed E-state index contributed by atoms with van der Waals surface area (Å²) in [7, 11) is 0. The van der Waals surface area contributed by atoms with Crippen molar-refractivity contribution in [3.05, 3.63) is 65.5 Å². The van der Waals surface area contributed by atoms with Gasteiger partial charge in [0, 0.05) is 11.4 Å². The number of benzene rings is 2. The van der Waals surface area contributed by atoms with E-state index in [4.69, 9.17) is 0 Å². The lowest BCUT2D eigenvalue weighted by Crippen LogP contribution is -2.30. The molecule has 1 N–H and O–H groups in total. The lowest BCUT2D eigenvalue weighted by Gasteiger charge is -2.26. The van der Waals surface area contributed by atoms with Gasteiger partial charge >= 0.3 is 0 Å². The quantitative estimate of drug-likeness (QED) is 0.550. The molecule has 1 aliphatic heterocycles. The number of hydrogen-bond acceptors (Lipinski definition) is 5. The fourth-order valence-corrected chi connectivity index (χ4v) is 4.61. The zero-order valence-corrected chi connectivity index (χ0v) is 19.0. The Morgan fingerprint density at radius 1 is 1.03 bits per heavy atom. The molecular weight excluding hydrogens is 406 g/mol. The second-order valence-corrected chi connectivity index (χ2v) is 9.00. The number of hydrogen-bond donors (Lipinski definition) is 1. The predicted molar refractivity (Wildman–Crippen MR) is 126 cm³/mol. The highest BCUT2D eigenvalue weighted by Crippen LogP contribution is 2.24. The van der Waals surface area contributed by atoms with Gasteiger partial charge in [0.05, 0.1) is 12.3 Å². The number of rotatable bonds is 7. The van der Waals surface area contributed by atoms with Gasteiger partial charge in [-0.1, -0.05) is 48.5 Å². The van der Waals surface area contributed by atoms with Crippen LogP contribution in [-0.4, -0.2) is 44.4 Å². The molecule has 1 aliphatic rings. The van der Waals surface area contributed by atoms with Crippen molar-refractivity contribution < 1.29 is 4.79 Å². The molecule has 4 rings (SSSR count). The van der Waals surface area contributed by atoms with Crippen LogP contribution < -0.4 is 5.32 Å². The molecule has 0 saturated carbocycles. The Morgan fingerprint density at radius 2 is 1.81 bits per heavy atom. The normalized spacial score (nSPS) is 14.5. The van der Waals surface area contributed by atoms with E-state index in [9.17, 15) is 4.79 Å². The zero-order chi connectivity index (χ0) is 21.6. The van der Waals surface area contributed by atoms with Gasteiger partial charge in [-0.2, -0.15) is 0 Å². The highest BCUT2D eigenvalue weighted by atomic mass is 32.2. The van der Waals surface area contributed by atoms with Crippen molar-refractivity contribution in [3.63, 3.8) is 0 Å². The molecule has 1 saturated heterocycles. The first-order valence-electron chi connectivity index (χ1n) is 10.8. The molecule has 6 nitrogen and oxygen atoms in total. The van der Waals surface area contributed by atoms with Gasteiger partial charge in [-0.15, -0.1) is 10.2 Å². The molecule has 0 atom stereocenters. The first-order valence-corrected chi connectivity index (χ1v) is 11.8. The molecular formula is C24H29N5OS. The highest BCUT2D eigenvalue weighted by molar-refractivity contribution is 7.99. The maximum atomic E-state index is 12.6. The van der Waals surface area contributed by atoms with Crippen LogP contribution >= 0.6 is 11.8 Å². The minimum absolute atomic E-state index is 0.0427. The molecule has 0 spiro atoms. The molecule has 0 aliphatic carbocycles. The van der Waals surface area contributed by atoms with Gasteiger partial charge in [-0.05, 0) is 69.1 Å². The minimum atomic E-state index is -0.0427. The standard InChI is InChI=1S/C24H29N5OS/c1-18-11-12-19(2)21(15-18)25-23(30)17-31-24-27-26-22(16-28-13-7-4-8-14-28)29(24)20-9-5-3-6-10-20/h3,5-6,9-12,15H,4,7-8,13-14,16-17H2,1-2H3,(H,25,30). The summed E-state index contributed by atoms with van der Waals surface area (Å²) in [4.78, 5) is 15.1. The first-order chi connectivity index (χ1) is 15.1. The van der Waals surface area contributed by atoms with E-state index in [2.05, 4.69) is 37.1 Å². The molecule has 2 heterocycles. The predicted octanol–water partition coefficient (Wildman–Crippen LogP) is 4.60. The number of thioether (sulfide) groups is 1. The Labute approximate surface area is 188 Å². The van der Waals surface area contributed by atoms with E-state index in [0.717, 1.165) is 53.1 Å². The second kappa shape index (κ2) is 10.1. The van der Waals surface area contributed by atoms with Crippen molar-refractivity contribution in [1.29, 1.82) is 0 Å². The van der Waals surface area contributed by atoms with E-state index in [1.165, 1.54) is 31.0 Å². The number of aryl methyl sites for hydroxylation is 2. The number of nitrogens with zero attached hydrogens (tertiary/aromatic N) is 4. The Balaban J connectivity index is 1.49. The number of aromatic nitrogens is 3. The van der Waals surface area contributed by atoms with Crippen LogP contribution in [0.5, 0.6) is 0 Å². The topological polar surface area (TPSA) is 63.1 Å². The second-order valence-electron chi connectivity index (χ2n) is 8.06. The van der Waals surface area contributed by atoms with Gasteiger partial charge in [-0.25, -0.2) is 0 Å². The smallest absolute Gasteiger partial charge is 0.234 e. The number of amides is 1. The molecule has 7 heteroatoms. The average Bonchev–Trinajstić information content (AvgIpc) is 3.18. The first kappa shape index (κ1) is 21.6. The third-order valence-corrected chi connectivity index (χ3v) is 6.46. The number of nitrogens with one attached hydrogen (secondary N) is 1. The van der Waals surface area contributed by atoms with Gasteiger partial charge in [0.25, 0.3) is 0 Å². The van der Waals surface area contributed by atoms with Gasteiger partial charge < -0.3 is 5.32 Å². The van der Waals surface area contributed by atoms with Crippen LogP contribution in [0.2, 0.25) is 0 Å². The number of piperidine rings is 1. The number of para-hydroxylation sites is 1. The monoisotopic (exact) mass is 435 g/mol. The minimum Gasteiger partial charge on any atom is -0.325 e. The van der Waals surface area contributed by atoms with Crippen LogP contribution in [0.25, 0.3) is 5.69 Å². The maximum absolute atomic E-state index is 12.6. The summed E-state index contributed by atoms with van der Waals surface area (Å²) in [5.74, 6) is 1.16. The third kappa shape index (κ3) is 5.54. The van der Waals surface area contributed by atoms with E-state index in [1.807, 2.05) is 50.2 Å². The molecule has 0 unspecified atom stereocenters. The Kier molecular flexibility index (Phi) is 7.04. The third-order valence-electron chi connectivity index (χ3n) is 5.53. The van der Waals surface area contributed by atoms with Crippen LogP contribution in [0.3, 0.4) is 0 Å². The zero-order valence-electron chi connectivity index (χ0n) is 18.2. The van der Waals surface area contributed by atoms with Crippen molar-refractivity contribution in [1.82, 2.24) is 19.7 Å². The number of anilines is 1.